The third-order valence-corrected chi connectivity index (χ3v) is 4.33. The van der Waals surface area contributed by atoms with Gasteiger partial charge >= 0.3 is 0 Å². The van der Waals surface area contributed by atoms with Crippen LogP contribution >= 0.6 is 15.9 Å². The molecule has 1 unspecified atom stereocenters. The highest BCUT2D eigenvalue weighted by atomic mass is 79.9. The van der Waals surface area contributed by atoms with E-state index < -0.39 is 0 Å². The van der Waals surface area contributed by atoms with Crippen LogP contribution in [0.2, 0.25) is 0 Å². The Balaban J connectivity index is 1.76. The summed E-state index contributed by atoms with van der Waals surface area (Å²) in [5, 5.41) is 6.64. The molecule has 1 aromatic rings. The van der Waals surface area contributed by atoms with Gasteiger partial charge in [-0.05, 0) is 30.5 Å². The fraction of sp³-hybridized carbons (Fsp3) is 0.562. The number of aliphatic imine (C=N–C) groups is 1. The fourth-order valence-electron chi connectivity index (χ4n) is 2.64. The first-order valence-corrected chi connectivity index (χ1v) is 8.46. The van der Waals surface area contributed by atoms with Gasteiger partial charge in [0.15, 0.2) is 5.96 Å². The van der Waals surface area contributed by atoms with Crippen LogP contribution in [0.4, 0.5) is 5.69 Å². The Labute approximate surface area is 141 Å². The topological polar surface area (TPSA) is 48.9 Å². The molecule has 1 aliphatic rings. The fourth-order valence-corrected chi connectivity index (χ4v) is 3.03. The Morgan fingerprint density at radius 1 is 1.45 bits per heavy atom. The van der Waals surface area contributed by atoms with Gasteiger partial charge in [0, 0.05) is 50.5 Å². The molecular formula is C16H25BrN4O. The van der Waals surface area contributed by atoms with Gasteiger partial charge < -0.3 is 20.3 Å². The molecule has 1 fully saturated rings. The van der Waals surface area contributed by atoms with Crippen LogP contribution in [0, 0.1) is 5.92 Å². The van der Waals surface area contributed by atoms with Crippen molar-refractivity contribution >= 4 is 27.6 Å². The maximum absolute atomic E-state index is 5.03. The van der Waals surface area contributed by atoms with Gasteiger partial charge in [-0.2, -0.15) is 0 Å². The normalized spacial score (nSPS) is 18.6. The number of ether oxygens (including phenoxy) is 1. The lowest BCUT2D eigenvalue weighted by molar-refractivity contribution is 0.203. The molecule has 1 aliphatic heterocycles. The van der Waals surface area contributed by atoms with E-state index in [0.29, 0.717) is 12.5 Å². The summed E-state index contributed by atoms with van der Waals surface area (Å²) in [5.41, 5.74) is 1.29. The van der Waals surface area contributed by atoms with Crippen molar-refractivity contribution in [2.75, 3.05) is 51.8 Å². The van der Waals surface area contributed by atoms with Crippen molar-refractivity contribution in [2.24, 2.45) is 10.9 Å². The van der Waals surface area contributed by atoms with Crippen molar-refractivity contribution in [1.82, 2.24) is 10.6 Å². The van der Waals surface area contributed by atoms with Gasteiger partial charge in [-0.15, -0.1) is 0 Å². The molecule has 0 radical (unpaired) electrons. The van der Waals surface area contributed by atoms with Gasteiger partial charge in [0.25, 0.3) is 0 Å². The molecular weight excluding hydrogens is 344 g/mol. The first-order chi connectivity index (χ1) is 10.7. The lowest BCUT2D eigenvalue weighted by Gasteiger charge is -2.19. The monoisotopic (exact) mass is 368 g/mol. The lowest BCUT2D eigenvalue weighted by Crippen LogP contribution is -2.41. The zero-order valence-corrected chi connectivity index (χ0v) is 14.9. The van der Waals surface area contributed by atoms with Crippen molar-refractivity contribution < 1.29 is 4.74 Å². The van der Waals surface area contributed by atoms with E-state index in [-0.39, 0.29) is 0 Å². The summed E-state index contributed by atoms with van der Waals surface area (Å²) in [5.74, 6) is 1.48. The molecule has 1 heterocycles. The minimum Gasteiger partial charge on any atom is -0.383 e. The number of benzene rings is 1. The van der Waals surface area contributed by atoms with Gasteiger partial charge in [-0.3, -0.25) is 4.99 Å². The molecule has 1 saturated heterocycles. The molecule has 22 heavy (non-hydrogen) atoms. The number of nitrogens with zero attached hydrogens (tertiary/aromatic N) is 2. The van der Waals surface area contributed by atoms with E-state index in [1.165, 1.54) is 12.1 Å². The summed E-state index contributed by atoms with van der Waals surface area (Å²) in [6, 6.07) is 8.51. The molecule has 1 aromatic carbocycles. The molecule has 122 valence electrons. The van der Waals surface area contributed by atoms with Crippen LogP contribution in [-0.2, 0) is 4.74 Å². The van der Waals surface area contributed by atoms with E-state index in [9.17, 15) is 0 Å². The quantitative estimate of drug-likeness (QED) is 0.458. The average Bonchev–Trinajstić information content (AvgIpc) is 3.00. The summed E-state index contributed by atoms with van der Waals surface area (Å²) < 4.78 is 6.17. The number of hydrogen-bond acceptors (Lipinski definition) is 3. The number of nitrogens with one attached hydrogen (secondary N) is 2. The summed E-state index contributed by atoms with van der Waals surface area (Å²) >= 11 is 3.54. The van der Waals surface area contributed by atoms with E-state index in [1.54, 1.807) is 14.2 Å². The van der Waals surface area contributed by atoms with Gasteiger partial charge in [-0.1, -0.05) is 22.0 Å². The third-order valence-electron chi connectivity index (χ3n) is 3.84. The summed E-state index contributed by atoms with van der Waals surface area (Å²) in [6.45, 7) is 4.58. The van der Waals surface area contributed by atoms with Crippen LogP contribution in [0.5, 0.6) is 0 Å². The number of guanidine groups is 1. The first-order valence-electron chi connectivity index (χ1n) is 7.67. The van der Waals surface area contributed by atoms with E-state index in [4.69, 9.17) is 4.74 Å². The minimum atomic E-state index is 0.639. The Morgan fingerprint density at radius 2 is 2.32 bits per heavy atom. The highest BCUT2D eigenvalue weighted by molar-refractivity contribution is 9.10. The molecule has 0 saturated carbocycles. The Morgan fingerprint density at radius 3 is 3.05 bits per heavy atom. The van der Waals surface area contributed by atoms with Crippen LogP contribution in [0.25, 0.3) is 0 Å². The second kappa shape index (κ2) is 9.00. The third kappa shape index (κ3) is 5.18. The molecule has 2 N–H and O–H groups in total. The number of halogens is 1. The first kappa shape index (κ1) is 17.1. The Kier molecular flexibility index (Phi) is 6.99. The molecule has 0 aromatic heterocycles. The van der Waals surface area contributed by atoms with Crippen LogP contribution in [-0.4, -0.2) is 52.9 Å². The standard InChI is InChI=1S/C16H25BrN4O/c1-18-16(19-7-9-22-2)20-11-13-6-8-21(12-13)15-5-3-4-14(17)10-15/h3-5,10,13H,6-9,11-12H2,1-2H3,(H2,18,19,20). The van der Waals surface area contributed by atoms with Gasteiger partial charge in [0.05, 0.1) is 6.61 Å². The second-order valence-electron chi connectivity index (χ2n) is 5.45. The number of anilines is 1. The van der Waals surface area contributed by atoms with E-state index in [0.717, 1.165) is 36.6 Å². The smallest absolute Gasteiger partial charge is 0.191 e. The zero-order valence-electron chi connectivity index (χ0n) is 13.3. The highest BCUT2D eigenvalue weighted by Gasteiger charge is 2.22. The van der Waals surface area contributed by atoms with Gasteiger partial charge in [0.1, 0.15) is 0 Å². The molecule has 5 nitrogen and oxygen atoms in total. The molecule has 1 atom stereocenters. The van der Waals surface area contributed by atoms with Crippen LogP contribution in [0.1, 0.15) is 6.42 Å². The molecule has 0 aliphatic carbocycles. The largest absolute Gasteiger partial charge is 0.383 e. The van der Waals surface area contributed by atoms with Crippen molar-refractivity contribution in [2.45, 2.75) is 6.42 Å². The summed E-state index contributed by atoms with van der Waals surface area (Å²) in [6.07, 6.45) is 1.20. The number of hydrogen-bond donors (Lipinski definition) is 2. The zero-order chi connectivity index (χ0) is 15.8. The number of rotatable bonds is 6. The van der Waals surface area contributed by atoms with E-state index >= 15 is 0 Å². The molecule has 0 amide bonds. The average molecular weight is 369 g/mol. The molecule has 0 bridgehead atoms. The van der Waals surface area contributed by atoms with Crippen LogP contribution < -0.4 is 15.5 Å². The molecule has 0 spiro atoms. The van der Waals surface area contributed by atoms with Crippen LogP contribution in [0.3, 0.4) is 0 Å². The lowest BCUT2D eigenvalue weighted by atomic mass is 10.1. The second-order valence-corrected chi connectivity index (χ2v) is 6.37. The maximum atomic E-state index is 5.03. The number of methoxy groups -OCH3 is 1. The minimum absolute atomic E-state index is 0.639. The Bertz CT molecular complexity index is 495. The summed E-state index contributed by atoms with van der Waals surface area (Å²) in [7, 11) is 3.50. The van der Waals surface area contributed by atoms with Crippen molar-refractivity contribution in [1.29, 1.82) is 0 Å². The summed E-state index contributed by atoms with van der Waals surface area (Å²) in [4.78, 5) is 6.67. The molecule has 6 heteroatoms. The van der Waals surface area contributed by atoms with Crippen LogP contribution in [0.15, 0.2) is 33.7 Å². The predicted molar refractivity (Wildman–Crippen MR) is 95.7 cm³/mol. The van der Waals surface area contributed by atoms with Gasteiger partial charge in [-0.25, -0.2) is 0 Å². The van der Waals surface area contributed by atoms with Crippen molar-refractivity contribution in [3.8, 4) is 0 Å². The van der Waals surface area contributed by atoms with E-state index in [1.807, 2.05) is 0 Å². The van der Waals surface area contributed by atoms with E-state index in [2.05, 4.69) is 60.7 Å². The SMILES string of the molecule is CN=C(NCCOC)NCC1CCN(c2cccc(Br)c2)C1. The predicted octanol–water partition coefficient (Wildman–Crippen LogP) is 2.09. The van der Waals surface area contributed by atoms with Crippen molar-refractivity contribution in [3.05, 3.63) is 28.7 Å². The maximum Gasteiger partial charge on any atom is 0.191 e. The molecule has 2 rings (SSSR count). The van der Waals surface area contributed by atoms with Crippen molar-refractivity contribution in [3.63, 3.8) is 0 Å². The highest BCUT2D eigenvalue weighted by Crippen LogP contribution is 2.25. The Hall–Kier alpha value is -1.27. The van der Waals surface area contributed by atoms with Gasteiger partial charge in [0.2, 0.25) is 0 Å².